The molecule has 6 atom stereocenters. The van der Waals surface area contributed by atoms with Gasteiger partial charge < -0.3 is 24.1 Å². The molecule has 2 saturated heterocycles. The number of hydrogen-bond acceptors (Lipinski definition) is 10. The molecular formula is C20H19ClN4O6S. The summed E-state index contributed by atoms with van der Waals surface area (Å²) in [5, 5.41) is 22.1. The van der Waals surface area contributed by atoms with Gasteiger partial charge in [0.2, 0.25) is 0 Å². The number of nitrogens with zero attached hydrogens (tertiary/aromatic N) is 4. The minimum Gasteiger partial charge on any atom is -0.467 e. The molecule has 0 amide bonds. The highest BCUT2D eigenvalue weighted by Gasteiger charge is 2.53. The Kier molecular flexibility index (Phi) is 5.93. The molecule has 2 aliphatic heterocycles. The maximum absolute atomic E-state index is 12.3. The van der Waals surface area contributed by atoms with Gasteiger partial charge >= 0.3 is 5.97 Å². The van der Waals surface area contributed by atoms with Crippen LogP contribution < -0.4 is 0 Å². The number of carbonyl (C=O) groups excluding carboxylic acids is 1. The highest BCUT2D eigenvalue weighted by Crippen LogP contribution is 2.39. The Morgan fingerprint density at radius 1 is 1.31 bits per heavy atom. The highest BCUT2D eigenvalue weighted by molar-refractivity contribution is 7.13. The van der Waals surface area contributed by atoms with Crippen LogP contribution >= 0.6 is 22.9 Å². The maximum Gasteiger partial charge on any atom is 0.337 e. The van der Waals surface area contributed by atoms with E-state index < -0.39 is 42.7 Å². The number of rotatable bonds is 4. The summed E-state index contributed by atoms with van der Waals surface area (Å²) in [4.78, 5) is 16.5. The first-order valence-corrected chi connectivity index (χ1v) is 11.1. The monoisotopic (exact) mass is 478 g/mol. The second-order valence-electron chi connectivity index (χ2n) is 7.34. The summed E-state index contributed by atoms with van der Waals surface area (Å²) < 4.78 is 24.2. The molecule has 32 heavy (non-hydrogen) atoms. The van der Waals surface area contributed by atoms with E-state index in [0.29, 0.717) is 15.9 Å². The fourth-order valence-electron chi connectivity index (χ4n) is 3.90. The zero-order valence-electron chi connectivity index (χ0n) is 16.8. The molecule has 12 heteroatoms. The van der Waals surface area contributed by atoms with E-state index in [0.717, 1.165) is 5.56 Å². The second-order valence-corrected chi connectivity index (χ2v) is 8.58. The van der Waals surface area contributed by atoms with Gasteiger partial charge in [-0.1, -0.05) is 47.1 Å². The standard InChI is InChI=1S/C20H19ClN4O6S/c1-28-19(27)17-15(26)14(25-7-11(23-24-25)18-22-13(21)9-32-18)16-12(30-17)8-29-20(31-16)10-5-3-2-4-6-10/h2-7,9,12,14-17,20,26H,8H2,1H3/t12?,14-,15?,16+,17-,20?/m1/s1. The molecule has 10 nitrogen and oxygen atoms in total. The fourth-order valence-corrected chi connectivity index (χ4v) is 4.80. The quantitative estimate of drug-likeness (QED) is 0.561. The molecule has 0 radical (unpaired) electrons. The van der Waals surface area contributed by atoms with Crippen LogP contribution in [0.5, 0.6) is 0 Å². The number of hydrogen-bond donors (Lipinski definition) is 1. The number of aliphatic hydroxyl groups excluding tert-OH is 1. The minimum atomic E-state index is -1.30. The molecule has 2 fully saturated rings. The van der Waals surface area contributed by atoms with Crippen molar-refractivity contribution in [1.29, 1.82) is 0 Å². The van der Waals surface area contributed by atoms with E-state index in [1.165, 1.54) is 23.1 Å². The first kappa shape index (κ1) is 21.4. The van der Waals surface area contributed by atoms with Crippen LogP contribution in [0.15, 0.2) is 41.9 Å². The predicted octanol–water partition coefficient (Wildman–Crippen LogP) is 2.01. The van der Waals surface area contributed by atoms with Crippen molar-refractivity contribution in [3.8, 4) is 10.7 Å². The number of esters is 1. The molecule has 1 aromatic carbocycles. The van der Waals surface area contributed by atoms with Crippen LogP contribution in [0.1, 0.15) is 17.9 Å². The molecule has 3 aromatic rings. The van der Waals surface area contributed by atoms with Gasteiger partial charge in [0.05, 0.1) is 19.9 Å². The smallest absolute Gasteiger partial charge is 0.337 e. The SMILES string of the molecule is COC(=O)[C@@H]1OC2COC(c3ccccc3)O[C@@H]2[C@H](n2cc(-c3nc(Cl)cs3)nn2)C1O. The van der Waals surface area contributed by atoms with Crippen molar-refractivity contribution in [1.82, 2.24) is 20.0 Å². The topological polar surface area (TPSA) is 118 Å². The van der Waals surface area contributed by atoms with Crippen molar-refractivity contribution in [3.05, 3.63) is 52.6 Å². The zero-order chi connectivity index (χ0) is 22.2. The predicted molar refractivity (Wildman–Crippen MR) is 112 cm³/mol. The number of aliphatic hydroxyl groups is 1. The minimum absolute atomic E-state index is 0.157. The van der Waals surface area contributed by atoms with E-state index in [1.807, 2.05) is 30.3 Å². The molecule has 5 rings (SSSR count). The molecule has 0 saturated carbocycles. The third kappa shape index (κ3) is 3.91. The summed E-state index contributed by atoms with van der Waals surface area (Å²) in [5.41, 5.74) is 1.31. The first-order chi connectivity index (χ1) is 15.5. The number of ether oxygens (including phenoxy) is 4. The van der Waals surface area contributed by atoms with Crippen molar-refractivity contribution in [2.75, 3.05) is 13.7 Å². The Morgan fingerprint density at radius 2 is 2.12 bits per heavy atom. The van der Waals surface area contributed by atoms with Gasteiger partial charge in [0.25, 0.3) is 0 Å². The summed E-state index contributed by atoms with van der Waals surface area (Å²) in [7, 11) is 1.23. The zero-order valence-corrected chi connectivity index (χ0v) is 18.3. The lowest BCUT2D eigenvalue weighted by atomic mass is 9.91. The maximum atomic E-state index is 12.3. The molecule has 3 unspecified atom stereocenters. The van der Waals surface area contributed by atoms with Crippen molar-refractivity contribution < 1.29 is 28.8 Å². The third-order valence-corrected chi connectivity index (χ3v) is 6.58. The number of halogens is 1. The van der Waals surface area contributed by atoms with Crippen LogP contribution in [0.25, 0.3) is 10.7 Å². The van der Waals surface area contributed by atoms with E-state index in [9.17, 15) is 9.90 Å². The van der Waals surface area contributed by atoms with Crippen LogP contribution in [0.4, 0.5) is 0 Å². The Bertz CT molecular complexity index is 1090. The van der Waals surface area contributed by atoms with E-state index in [1.54, 1.807) is 11.6 Å². The number of methoxy groups -OCH3 is 1. The number of benzene rings is 1. The van der Waals surface area contributed by atoms with Gasteiger partial charge in [0.15, 0.2) is 12.4 Å². The van der Waals surface area contributed by atoms with Gasteiger partial charge in [-0.25, -0.2) is 14.5 Å². The Hall–Kier alpha value is -2.41. The third-order valence-electron chi connectivity index (χ3n) is 5.39. The molecule has 0 spiro atoms. The van der Waals surface area contributed by atoms with Crippen molar-refractivity contribution in [3.63, 3.8) is 0 Å². The van der Waals surface area contributed by atoms with Crippen LogP contribution in [-0.4, -0.2) is 69.2 Å². The number of fused-ring (bicyclic) bond motifs is 1. The van der Waals surface area contributed by atoms with Crippen molar-refractivity contribution >= 4 is 28.9 Å². The lowest BCUT2D eigenvalue weighted by molar-refractivity contribution is -0.314. The average molecular weight is 479 g/mol. The van der Waals surface area contributed by atoms with Crippen LogP contribution in [0, 0.1) is 0 Å². The van der Waals surface area contributed by atoms with E-state index in [4.69, 9.17) is 30.5 Å². The van der Waals surface area contributed by atoms with E-state index in [-0.39, 0.29) is 6.61 Å². The summed E-state index contributed by atoms with van der Waals surface area (Å²) in [6.07, 6.45) is -2.85. The lowest BCUT2D eigenvalue weighted by Crippen LogP contribution is -2.61. The Morgan fingerprint density at radius 3 is 2.84 bits per heavy atom. The van der Waals surface area contributed by atoms with Gasteiger partial charge in [-0.15, -0.1) is 16.4 Å². The lowest BCUT2D eigenvalue weighted by Gasteiger charge is -2.47. The van der Waals surface area contributed by atoms with Gasteiger partial charge in [0, 0.05) is 10.9 Å². The number of aromatic nitrogens is 4. The molecule has 2 aromatic heterocycles. The summed E-state index contributed by atoms with van der Waals surface area (Å²) >= 11 is 7.25. The van der Waals surface area contributed by atoms with Crippen LogP contribution in [-0.2, 0) is 23.7 Å². The van der Waals surface area contributed by atoms with E-state index >= 15 is 0 Å². The molecular weight excluding hydrogens is 460 g/mol. The molecule has 2 aliphatic rings. The molecule has 0 aliphatic carbocycles. The summed E-state index contributed by atoms with van der Waals surface area (Å²) in [6, 6.07) is 8.65. The Labute approximate surface area is 191 Å². The molecule has 168 valence electrons. The van der Waals surface area contributed by atoms with Gasteiger partial charge in [0.1, 0.15) is 40.2 Å². The molecule has 4 heterocycles. The largest absolute Gasteiger partial charge is 0.467 e. The average Bonchev–Trinajstić information content (AvgIpc) is 3.47. The van der Waals surface area contributed by atoms with Crippen LogP contribution in [0.2, 0.25) is 5.15 Å². The number of carbonyl (C=O) groups is 1. The Balaban J connectivity index is 1.49. The second kappa shape index (κ2) is 8.85. The normalized spacial score (nSPS) is 30.0. The summed E-state index contributed by atoms with van der Waals surface area (Å²) in [6.45, 7) is 0.157. The van der Waals surface area contributed by atoms with E-state index in [2.05, 4.69) is 15.3 Å². The number of thiazole rings is 1. The van der Waals surface area contributed by atoms with Crippen molar-refractivity contribution in [2.45, 2.75) is 36.7 Å². The summed E-state index contributed by atoms with van der Waals surface area (Å²) in [5.74, 6) is -0.696. The molecule has 1 N–H and O–H groups in total. The van der Waals surface area contributed by atoms with Gasteiger partial charge in [-0.05, 0) is 0 Å². The first-order valence-electron chi connectivity index (χ1n) is 9.81. The van der Waals surface area contributed by atoms with Gasteiger partial charge in [-0.2, -0.15) is 0 Å². The highest BCUT2D eigenvalue weighted by atomic mass is 35.5. The molecule has 0 bridgehead atoms. The van der Waals surface area contributed by atoms with Crippen LogP contribution in [0.3, 0.4) is 0 Å². The van der Waals surface area contributed by atoms with Gasteiger partial charge in [-0.3, -0.25) is 0 Å². The van der Waals surface area contributed by atoms with Crippen molar-refractivity contribution in [2.24, 2.45) is 0 Å². The fraction of sp³-hybridized carbons (Fsp3) is 0.400.